The first-order valence-corrected chi connectivity index (χ1v) is 5.79. The third kappa shape index (κ3) is 2.27. The molecular formula is C12H18N2O2. The molecule has 0 aromatic carbocycles. The van der Waals surface area contributed by atoms with Crippen LogP contribution in [0.25, 0.3) is 0 Å². The monoisotopic (exact) mass is 222 g/mol. The van der Waals surface area contributed by atoms with Crippen molar-refractivity contribution in [2.75, 3.05) is 0 Å². The first-order chi connectivity index (χ1) is 7.68. The van der Waals surface area contributed by atoms with Gasteiger partial charge < -0.3 is 15.0 Å². The summed E-state index contributed by atoms with van der Waals surface area (Å²) < 4.78 is 1.78. The Morgan fingerprint density at radius 2 is 2.25 bits per heavy atom. The van der Waals surface area contributed by atoms with Crippen LogP contribution < -0.4 is 5.32 Å². The van der Waals surface area contributed by atoms with Crippen molar-refractivity contribution in [1.29, 1.82) is 0 Å². The Hall–Kier alpha value is -1.29. The van der Waals surface area contributed by atoms with E-state index in [0.717, 1.165) is 25.7 Å². The first kappa shape index (κ1) is 11.2. The second-order valence-corrected chi connectivity index (χ2v) is 4.44. The van der Waals surface area contributed by atoms with Crippen LogP contribution in [0.1, 0.15) is 36.2 Å². The molecule has 1 aliphatic rings. The van der Waals surface area contributed by atoms with Gasteiger partial charge in [-0.05, 0) is 25.0 Å². The van der Waals surface area contributed by atoms with E-state index in [0.29, 0.717) is 5.69 Å². The van der Waals surface area contributed by atoms with Gasteiger partial charge in [0.2, 0.25) is 0 Å². The van der Waals surface area contributed by atoms with Crippen LogP contribution in [0.4, 0.5) is 0 Å². The maximum atomic E-state index is 11.9. The van der Waals surface area contributed by atoms with E-state index in [4.69, 9.17) is 0 Å². The molecule has 4 heteroatoms. The number of rotatable bonds is 2. The molecule has 1 fully saturated rings. The fourth-order valence-corrected chi connectivity index (χ4v) is 2.22. The molecule has 2 rings (SSSR count). The zero-order valence-electron chi connectivity index (χ0n) is 9.52. The zero-order chi connectivity index (χ0) is 11.5. The lowest BCUT2D eigenvalue weighted by Crippen LogP contribution is -2.45. The molecule has 1 aromatic rings. The van der Waals surface area contributed by atoms with E-state index in [1.165, 1.54) is 0 Å². The predicted molar refractivity (Wildman–Crippen MR) is 61.1 cm³/mol. The molecule has 1 amide bonds. The van der Waals surface area contributed by atoms with E-state index in [1.54, 1.807) is 10.6 Å². The van der Waals surface area contributed by atoms with Gasteiger partial charge in [0, 0.05) is 13.2 Å². The van der Waals surface area contributed by atoms with Crippen LogP contribution in [0.15, 0.2) is 18.3 Å². The highest BCUT2D eigenvalue weighted by Gasteiger charge is 2.25. The van der Waals surface area contributed by atoms with E-state index >= 15 is 0 Å². The molecule has 0 spiro atoms. The zero-order valence-corrected chi connectivity index (χ0v) is 9.52. The van der Waals surface area contributed by atoms with Gasteiger partial charge in [0.1, 0.15) is 5.69 Å². The Bertz CT molecular complexity index is 373. The molecule has 88 valence electrons. The van der Waals surface area contributed by atoms with Crippen molar-refractivity contribution in [2.45, 2.75) is 37.8 Å². The Kier molecular flexibility index (Phi) is 3.29. The van der Waals surface area contributed by atoms with Crippen LogP contribution in [-0.4, -0.2) is 27.7 Å². The van der Waals surface area contributed by atoms with Gasteiger partial charge in [-0.2, -0.15) is 0 Å². The lowest BCUT2D eigenvalue weighted by molar-refractivity contribution is 0.0711. The number of carbonyl (C=O) groups is 1. The van der Waals surface area contributed by atoms with Crippen LogP contribution in [0.2, 0.25) is 0 Å². The number of nitrogens with one attached hydrogen (secondary N) is 1. The molecule has 1 aliphatic carbocycles. The largest absolute Gasteiger partial charge is 0.391 e. The summed E-state index contributed by atoms with van der Waals surface area (Å²) in [5.74, 6) is -0.0987. The second kappa shape index (κ2) is 4.70. The quantitative estimate of drug-likeness (QED) is 0.786. The van der Waals surface area contributed by atoms with Gasteiger partial charge in [-0.15, -0.1) is 0 Å². The number of hydrogen-bond donors (Lipinski definition) is 2. The molecule has 16 heavy (non-hydrogen) atoms. The number of carbonyl (C=O) groups excluding carboxylic acids is 1. The van der Waals surface area contributed by atoms with Crippen LogP contribution in [0.3, 0.4) is 0 Å². The van der Waals surface area contributed by atoms with E-state index < -0.39 is 6.10 Å². The normalized spacial score (nSPS) is 25.4. The summed E-state index contributed by atoms with van der Waals surface area (Å²) in [4.78, 5) is 11.9. The van der Waals surface area contributed by atoms with Crippen LogP contribution in [0.5, 0.6) is 0 Å². The topological polar surface area (TPSA) is 54.3 Å². The van der Waals surface area contributed by atoms with E-state index in [2.05, 4.69) is 5.32 Å². The molecule has 0 radical (unpaired) electrons. The summed E-state index contributed by atoms with van der Waals surface area (Å²) in [7, 11) is 1.84. The lowest BCUT2D eigenvalue weighted by atomic mass is 9.92. The Balaban J connectivity index is 1.99. The number of aliphatic hydroxyl groups excluding tert-OH is 1. The van der Waals surface area contributed by atoms with Crippen LogP contribution >= 0.6 is 0 Å². The van der Waals surface area contributed by atoms with Crippen molar-refractivity contribution in [3.63, 3.8) is 0 Å². The Morgan fingerprint density at radius 3 is 2.88 bits per heavy atom. The summed E-state index contributed by atoms with van der Waals surface area (Å²) >= 11 is 0. The number of hydrogen-bond acceptors (Lipinski definition) is 2. The van der Waals surface area contributed by atoms with Crippen molar-refractivity contribution in [2.24, 2.45) is 7.05 Å². The minimum absolute atomic E-state index is 0.0869. The molecule has 4 nitrogen and oxygen atoms in total. The molecule has 2 N–H and O–H groups in total. The van der Waals surface area contributed by atoms with Crippen molar-refractivity contribution in [3.05, 3.63) is 24.0 Å². The minimum Gasteiger partial charge on any atom is -0.391 e. The Morgan fingerprint density at radius 1 is 1.50 bits per heavy atom. The third-order valence-corrected chi connectivity index (χ3v) is 3.22. The highest BCUT2D eigenvalue weighted by Crippen LogP contribution is 2.18. The van der Waals surface area contributed by atoms with Gasteiger partial charge in [0.15, 0.2) is 0 Å². The Labute approximate surface area is 95.3 Å². The number of amides is 1. The van der Waals surface area contributed by atoms with E-state index in [9.17, 15) is 9.90 Å². The first-order valence-electron chi connectivity index (χ1n) is 5.79. The fourth-order valence-electron chi connectivity index (χ4n) is 2.22. The highest BCUT2D eigenvalue weighted by molar-refractivity contribution is 5.92. The van der Waals surface area contributed by atoms with Crippen molar-refractivity contribution in [1.82, 2.24) is 9.88 Å². The summed E-state index contributed by atoms with van der Waals surface area (Å²) in [6.45, 7) is 0. The average molecular weight is 222 g/mol. The summed E-state index contributed by atoms with van der Waals surface area (Å²) in [6.07, 6.45) is 5.24. The molecule has 1 aromatic heterocycles. The van der Waals surface area contributed by atoms with Crippen molar-refractivity contribution in [3.8, 4) is 0 Å². The molecule has 1 saturated carbocycles. The predicted octanol–water partition coefficient (Wildman–Crippen LogP) is 1.06. The van der Waals surface area contributed by atoms with Gasteiger partial charge in [-0.3, -0.25) is 4.79 Å². The summed E-state index contributed by atoms with van der Waals surface area (Å²) in [5.41, 5.74) is 0.637. The number of aryl methyl sites for hydroxylation is 1. The highest BCUT2D eigenvalue weighted by atomic mass is 16.3. The maximum absolute atomic E-state index is 11.9. The molecule has 2 unspecified atom stereocenters. The summed E-state index contributed by atoms with van der Waals surface area (Å²) in [5, 5.41) is 12.7. The molecule has 2 atom stereocenters. The van der Waals surface area contributed by atoms with Gasteiger partial charge >= 0.3 is 0 Å². The molecular weight excluding hydrogens is 204 g/mol. The minimum atomic E-state index is -0.391. The van der Waals surface area contributed by atoms with Gasteiger partial charge in [0.05, 0.1) is 12.1 Å². The van der Waals surface area contributed by atoms with Crippen LogP contribution in [0, 0.1) is 0 Å². The molecule has 0 aliphatic heterocycles. The standard InChI is InChI=1S/C12H18N2O2/c1-14-8-4-6-10(14)12(16)13-9-5-2-3-7-11(9)15/h4,6,8-9,11,15H,2-3,5,7H2,1H3,(H,13,16). The van der Waals surface area contributed by atoms with Gasteiger partial charge in [-0.25, -0.2) is 0 Å². The third-order valence-electron chi connectivity index (χ3n) is 3.22. The van der Waals surface area contributed by atoms with Crippen LogP contribution in [-0.2, 0) is 7.05 Å². The van der Waals surface area contributed by atoms with E-state index in [1.807, 2.05) is 19.3 Å². The molecule has 0 saturated heterocycles. The smallest absolute Gasteiger partial charge is 0.268 e. The summed E-state index contributed by atoms with van der Waals surface area (Å²) in [6, 6.07) is 3.53. The number of nitrogens with zero attached hydrogens (tertiary/aromatic N) is 1. The van der Waals surface area contributed by atoms with Crippen molar-refractivity contribution >= 4 is 5.91 Å². The van der Waals surface area contributed by atoms with Gasteiger partial charge in [-0.1, -0.05) is 12.8 Å². The lowest BCUT2D eigenvalue weighted by Gasteiger charge is -2.28. The number of aromatic nitrogens is 1. The SMILES string of the molecule is Cn1cccc1C(=O)NC1CCCCC1O. The fraction of sp³-hybridized carbons (Fsp3) is 0.583. The van der Waals surface area contributed by atoms with E-state index in [-0.39, 0.29) is 11.9 Å². The second-order valence-electron chi connectivity index (χ2n) is 4.44. The average Bonchev–Trinajstić information content (AvgIpc) is 2.68. The number of aliphatic hydroxyl groups is 1. The van der Waals surface area contributed by atoms with Gasteiger partial charge in [0.25, 0.3) is 5.91 Å². The molecule has 1 heterocycles. The molecule has 0 bridgehead atoms. The van der Waals surface area contributed by atoms with Crippen molar-refractivity contribution < 1.29 is 9.90 Å². The maximum Gasteiger partial charge on any atom is 0.268 e.